The van der Waals surface area contributed by atoms with Gasteiger partial charge in [0.1, 0.15) is 0 Å². The van der Waals surface area contributed by atoms with Crippen LogP contribution in [0.2, 0.25) is 0 Å². The van der Waals surface area contributed by atoms with Crippen LogP contribution in [0.25, 0.3) is 0 Å². The monoisotopic (exact) mass is 127 g/mol. The van der Waals surface area contributed by atoms with Crippen molar-refractivity contribution in [2.45, 2.75) is 18.6 Å². The summed E-state index contributed by atoms with van der Waals surface area (Å²) in [6, 6.07) is 0. The molecule has 1 unspecified atom stereocenters. The molecule has 0 amide bonds. The molecule has 0 radical (unpaired) electrons. The minimum atomic E-state index is 0.819. The fourth-order valence-corrected chi connectivity index (χ4v) is 2.39. The van der Waals surface area contributed by atoms with Gasteiger partial charge in [-0.05, 0) is 18.9 Å². The maximum atomic E-state index is 3.33. The van der Waals surface area contributed by atoms with E-state index in [0.29, 0.717) is 0 Å². The van der Waals surface area contributed by atoms with Crippen LogP contribution in [0.4, 0.5) is 0 Å². The lowest BCUT2D eigenvalue weighted by Crippen LogP contribution is -2.15. The van der Waals surface area contributed by atoms with Gasteiger partial charge >= 0.3 is 0 Å². The average molecular weight is 127 g/mol. The smallest absolute Gasteiger partial charge is 0.0691 e. The minimum Gasteiger partial charge on any atom is -0.380 e. The molecule has 1 nitrogen and oxygen atoms in total. The van der Waals surface area contributed by atoms with E-state index in [1.165, 1.54) is 18.0 Å². The number of hydrogen-bond acceptors (Lipinski definition) is 2. The second-order valence-corrected chi connectivity index (χ2v) is 3.64. The third-order valence-corrected chi connectivity index (χ3v) is 3.04. The number of thioether (sulfide) groups is 1. The Morgan fingerprint density at radius 1 is 1.75 bits per heavy atom. The summed E-state index contributed by atoms with van der Waals surface area (Å²) in [7, 11) is 0. The summed E-state index contributed by atoms with van der Waals surface area (Å²) in [4.78, 5) is 0. The summed E-state index contributed by atoms with van der Waals surface area (Å²) in [6.45, 7) is 3.46. The highest BCUT2D eigenvalue weighted by Crippen LogP contribution is 2.43. The van der Waals surface area contributed by atoms with E-state index in [0.717, 1.165) is 5.25 Å². The molecule has 2 heterocycles. The van der Waals surface area contributed by atoms with Gasteiger partial charge in [-0.15, -0.1) is 11.8 Å². The quantitative estimate of drug-likeness (QED) is 0.527. The second-order valence-electron chi connectivity index (χ2n) is 2.29. The van der Waals surface area contributed by atoms with Gasteiger partial charge in [0.05, 0.1) is 5.03 Å². The molecule has 0 aliphatic carbocycles. The molecule has 0 aromatic heterocycles. The van der Waals surface area contributed by atoms with E-state index in [1.807, 2.05) is 11.8 Å². The molecule has 0 spiro atoms. The first-order chi connectivity index (χ1) is 3.88. The van der Waals surface area contributed by atoms with Crippen LogP contribution in [-0.4, -0.2) is 11.8 Å². The SMILES string of the molecule is CC1SC2=C1CCN2. The van der Waals surface area contributed by atoms with Crippen LogP contribution in [-0.2, 0) is 0 Å². The van der Waals surface area contributed by atoms with Crippen molar-refractivity contribution in [1.29, 1.82) is 0 Å². The Balaban J connectivity index is 2.24. The van der Waals surface area contributed by atoms with Gasteiger partial charge in [0, 0.05) is 11.8 Å². The zero-order chi connectivity index (χ0) is 5.56. The topological polar surface area (TPSA) is 12.0 Å². The molecule has 2 heteroatoms. The molecule has 0 aromatic carbocycles. The first-order valence-electron chi connectivity index (χ1n) is 3.01. The molecule has 0 saturated carbocycles. The molecule has 2 aliphatic rings. The van der Waals surface area contributed by atoms with E-state index in [1.54, 1.807) is 5.57 Å². The van der Waals surface area contributed by atoms with Gasteiger partial charge in [-0.1, -0.05) is 0 Å². The Morgan fingerprint density at radius 3 is 3.12 bits per heavy atom. The normalized spacial score (nSPS) is 33.9. The van der Waals surface area contributed by atoms with Crippen LogP contribution in [0, 0.1) is 0 Å². The lowest BCUT2D eigenvalue weighted by atomic mass is 10.2. The molecule has 8 heavy (non-hydrogen) atoms. The zero-order valence-electron chi connectivity index (χ0n) is 4.90. The highest BCUT2D eigenvalue weighted by molar-refractivity contribution is 8.05. The molecular weight excluding hydrogens is 118 g/mol. The number of nitrogens with one attached hydrogen (secondary N) is 1. The van der Waals surface area contributed by atoms with E-state index >= 15 is 0 Å². The summed E-state index contributed by atoms with van der Waals surface area (Å²) >= 11 is 1.97. The van der Waals surface area contributed by atoms with E-state index in [9.17, 15) is 0 Å². The molecule has 0 saturated heterocycles. The highest BCUT2D eigenvalue weighted by atomic mass is 32.2. The Morgan fingerprint density at radius 2 is 2.62 bits per heavy atom. The van der Waals surface area contributed by atoms with Gasteiger partial charge in [0.15, 0.2) is 0 Å². The van der Waals surface area contributed by atoms with Gasteiger partial charge in [0.2, 0.25) is 0 Å². The fourth-order valence-electron chi connectivity index (χ4n) is 1.23. The van der Waals surface area contributed by atoms with Crippen LogP contribution >= 0.6 is 11.8 Å². The van der Waals surface area contributed by atoms with Crippen molar-refractivity contribution in [2.75, 3.05) is 6.54 Å². The summed E-state index contributed by atoms with van der Waals surface area (Å²) in [6.07, 6.45) is 1.30. The van der Waals surface area contributed by atoms with Crippen LogP contribution in [0.3, 0.4) is 0 Å². The number of rotatable bonds is 0. The van der Waals surface area contributed by atoms with Crippen LogP contribution in [0.15, 0.2) is 10.6 Å². The minimum absolute atomic E-state index is 0.819. The van der Waals surface area contributed by atoms with E-state index < -0.39 is 0 Å². The maximum absolute atomic E-state index is 3.33. The summed E-state index contributed by atoms with van der Waals surface area (Å²) in [5.41, 5.74) is 1.66. The molecule has 2 aliphatic heterocycles. The second kappa shape index (κ2) is 1.44. The van der Waals surface area contributed by atoms with Gasteiger partial charge in [-0.25, -0.2) is 0 Å². The zero-order valence-corrected chi connectivity index (χ0v) is 5.72. The summed E-state index contributed by atoms with van der Waals surface area (Å²) in [5.74, 6) is 0. The first-order valence-corrected chi connectivity index (χ1v) is 3.89. The van der Waals surface area contributed by atoms with Crippen molar-refractivity contribution in [3.63, 3.8) is 0 Å². The van der Waals surface area contributed by atoms with Gasteiger partial charge in [-0.3, -0.25) is 0 Å². The van der Waals surface area contributed by atoms with Crippen LogP contribution in [0.1, 0.15) is 13.3 Å². The van der Waals surface area contributed by atoms with Crippen molar-refractivity contribution < 1.29 is 0 Å². The van der Waals surface area contributed by atoms with Crippen molar-refractivity contribution in [2.24, 2.45) is 0 Å². The largest absolute Gasteiger partial charge is 0.380 e. The van der Waals surface area contributed by atoms with Crippen molar-refractivity contribution >= 4 is 11.8 Å². The van der Waals surface area contributed by atoms with E-state index in [-0.39, 0.29) is 0 Å². The predicted molar refractivity (Wildman–Crippen MR) is 36.7 cm³/mol. The lowest BCUT2D eigenvalue weighted by molar-refractivity contribution is 0.898. The van der Waals surface area contributed by atoms with Crippen LogP contribution < -0.4 is 5.32 Å². The standard InChI is InChI=1S/C6H9NS/c1-4-5-2-3-7-6(5)8-4/h4,7H,2-3H2,1H3. The Bertz CT molecular complexity index is 151. The fraction of sp³-hybridized carbons (Fsp3) is 0.667. The lowest BCUT2D eigenvalue weighted by Gasteiger charge is -2.23. The molecule has 0 bridgehead atoms. The predicted octanol–water partition coefficient (Wildman–Crippen LogP) is 1.33. The molecule has 0 fully saturated rings. The summed E-state index contributed by atoms with van der Waals surface area (Å²) < 4.78 is 0. The third-order valence-electron chi connectivity index (χ3n) is 1.76. The van der Waals surface area contributed by atoms with Crippen molar-refractivity contribution in [1.82, 2.24) is 5.32 Å². The summed E-state index contributed by atoms with van der Waals surface area (Å²) in [5, 5.41) is 5.62. The third kappa shape index (κ3) is 0.440. The first kappa shape index (κ1) is 4.74. The molecular formula is C6H9NS. The van der Waals surface area contributed by atoms with Gasteiger partial charge in [-0.2, -0.15) is 0 Å². The van der Waals surface area contributed by atoms with Crippen molar-refractivity contribution in [3.8, 4) is 0 Å². The molecule has 2 rings (SSSR count). The van der Waals surface area contributed by atoms with Crippen molar-refractivity contribution in [3.05, 3.63) is 10.6 Å². The molecule has 1 atom stereocenters. The van der Waals surface area contributed by atoms with E-state index in [2.05, 4.69) is 12.2 Å². The average Bonchev–Trinajstić information content (AvgIpc) is 2.09. The molecule has 0 aromatic rings. The number of hydrogen-bond donors (Lipinski definition) is 1. The maximum Gasteiger partial charge on any atom is 0.0691 e. The highest BCUT2D eigenvalue weighted by Gasteiger charge is 2.29. The molecule has 44 valence electrons. The van der Waals surface area contributed by atoms with Gasteiger partial charge in [0.25, 0.3) is 0 Å². The Hall–Kier alpha value is -0.110. The Labute approximate surface area is 53.5 Å². The van der Waals surface area contributed by atoms with Gasteiger partial charge < -0.3 is 5.32 Å². The Kier molecular flexibility index (Phi) is 0.852. The molecule has 1 N–H and O–H groups in total. The van der Waals surface area contributed by atoms with E-state index in [4.69, 9.17) is 0 Å². The van der Waals surface area contributed by atoms with Crippen LogP contribution in [0.5, 0.6) is 0 Å².